The Balaban J connectivity index is 2.07. The summed E-state index contributed by atoms with van der Waals surface area (Å²) in [4.78, 5) is 0. The van der Waals surface area contributed by atoms with Crippen LogP contribution in [-0.4, -0.2) is 29.3 Å². The fraction of sp³-hybridized carbons (Fsp3) is 1.00. The lowest BCUT2D eigenvalue weighted by molar-refractivity contribution is -0.0833. The number of aliphatic hydroxyl groups is 1. The van der Waals surface area contributed by atoms with Crippen LogP contribution in [0.2, 0.25) is 0 Å². The molecule has 2 fully saturated rings. The van der Waals surface area contributed by atoms with Gasteiger partial charge in [-0.15, -0.1) is 0 Å². The highest BCUT2D eigenvalue weighted by atomic mass is 16.3. The zero-order valence-corrected chi connectivity index (χ0v) is 7.47. The Labute approximate surface area is 73.3 Å². The van der Waals surface area contributed by atoms with Crippen LogP contribution in [0.25, 0.3) is 0 Å². The zero-order chi connectivity index (χ0) is 8.66. The van der Waals surface area contributed by atoms with Gasteiger partial charge in [-0.1, -0.05) is 19.3 Å². The zero-order valence-electron chi connectivity index (χ0n) is 7.47. The first-order chi connectivity index (χ1) is 5.66. The molecule has 1 heterocycles. The highest BCUT2D eigenvalue weighted by Gasteiger charge is 2.51. The number of hydrogen-bond acceptors (Lipinski definition) is 3. The Kier molecular flexibility index (Phi) is 1.90. The maximum absolute atomic E-state index is 10.3. The first-order valence-corrected chi connectivity index (χ1v) is 4.88. The van der Waals surface area contributed by atoms with Crippen LogP contribution in [0.3, 0.4) is 0 Å². The van der Waals surface area contributed by atoms with Crippen molar-refractivity contribution in [3.05, 3.63) is 0 Å². The molecule has 1 saturated heterocycles. The van der Waals surface area contributed by atoms with E-state index in [1.165, 1.54) is 6.42 Å². The van der Waals surface area contributed by atoms with E-state index in [-0.39, 0.29) is 5.54 Å². The van der Waals surface area contributed by atoms with Crippen molar-refractivity contribution in [1.82, 2.24) is 5.32 Å². The Hall–Kier alpha value is -0.120. The van der Waals surface area contributed by atoms with Crippen molar-refractivity contribution in [2.24, 2.45) is 5.73 Å². The van der Waals surface area contributed by atoms with E-state index in [9.17, 15) is 5.11 Å². The van der Waals surface area contributed by atoms with Crippen molar-refractivity contribution in [2.75, 3.05) is 13.1 Å². The first kappa shape index (κ1) is 8.48. The van der Waals surface area contributed by atoms with Crippen molar-refractivity contribution in [3.8, 4) is 0 Å². The van der Waals surface area contributed by atoms with Crippen LogP contribution in [0.1, 0.15) is 32.1 Å². The SMILES string of the molecule is NC1(C2(O)CCCCC2)CNC1. The molecule has 1 aliphatic heterocycles. The predicted molar refractivity (Wildman–Crippen MR) is 47.8 cm³/mol. The molecule has 4 N–H and O–H groups in total. The van der Waals surface area contributed by atoms with Crippen molar-refractivity contribution < 1.29 is 5.11 Å². The molecule has 1 aliphatic carbocycles. The monoisotopic (exact) mass is 170 g/mol. The summed E-state index contributed by atoms with van der Waals surface area (Å²) >= 11 is 0. The minimum atomic E-state index is -0.573. The second-order valence-corrected chi connectivity index (χ2v) is 4.35. The summed E-state index contributed by atoms with van der Waals surface area (Å²) in [5, 5.41) is 13.4. The highest BCUT2D eigenvalue weighted by molar-refractivity contribution is 5.12. The molecule has 2 rings (SSSR count). The lowest BCUT2D eigenvalue weighted by Gasteiger charge is -2.52. The van der Waals surface area contributed by atoms with Gasteiger partial charge in [0, 0.05) is 13.1 Å². The van der Waals surface area contributed by atoms with E-state index >= 15 is 0 Å². The Morgan fingerprint density at radius 1 is 1.08 bits per heavy atom. The smallest absolute Gasteiger partial charge is 0.0851 e. The third kappa shape index (κ3) is 1.08. The van der Waals surface area contributed by atoms with Crippen LogP contribution in [0, 0.1) is 0 Å². The standard InChI is InChI=1S/C9H18N2O/c10-8(6-11-7-8)9(12)4-2-1-3-5-9/h11-12H,1-7,10H2. The fourth-order valence-corrected chi connectivity index (χ4v) is 2.36. The van der Waals surface area contributed by atoms with Gasteiger partial charge in [-0.25, -0.2) is 0 Å². The molecule has 0 radical (unpaired) electrons. The minimum Gasteiger partial charge on any atom is -0.388 e. The van der Waals surface area contributed by atoms with E-state index in [1.807, 2.05) is 0 Å². The maximum Gasteiger partial charge on any atom is 0.0851 e. The molecule has 2 aliphatic rings. The molecule has 0 bridgehead atoms. The molecule has 70 valence electrons. The molecular weight excluding hydrogens is 152 g/mol. The molecule has 0 amide bonds. The summed E-state index contributed by atoms with van der Waals surface area (Å²) < 4.78 is 0. The summed E-state index contributed by atoms with van der Waals surface area (Å²) in [7, 11) is 0. The topological polar surface area (TPSA) is 58.3 Å². The highest BCUT2D eigenvalue weighted by Crippen LogP contribution is 2.37. The summed E-state index contributed by atoms with van der Waals surface area (Å²) in [5.74, 6) is 0. The normalized spacial score (nSPS) is 32.5. The Bertz CT molecular complexity index is 171. The average Bonchev–Trinajstić information content (AvgIpc) is 2.01. The van der Waals surface area contributed by atoms with Crippen LogP contribution in [0.5, 0.6) is 0 Å². The van der Waals surface area contributed by atoms with E-state index in [4.69, 9.17) is 5.73 Å². The second-order valence-electron chi connectivity index (χ2n) is 4.35. The number of nitrogens with two attached hydrogens (primary N) is 1. The van der Waals surface area contributed by atoms with Crippen molar-refractivity contribution >= 4 is 0 Å². The van der Waals surface area contributed by atoms with E-state index in [2.05, 4.69) is 5.32 Å². The van der Waals surface area contributed by atoms with Gasteiger partial charge in [0.05, 0.1) is 11.1 Å². The molecular formula is C9H18N2O. The predicted octanol–water partition coefficient (Wildman–Crippen LogP) is -0.0177. The Morgan fingerprint density at radius 2 is 1.67 bits per heavy atom. The van der Waals surface area contributed by atoms with Gasteiger partial charge < -0.3 is 16.2 Å². The lowest BCUT2D eigenvalue weighted by Crippen LogP contribution is -2.77. The molecule has 0 spiro atoms. The van der Waals surface area contributed by atoms with Gasteiger partial charge in [-0.3, -0.25) is 0 Å². The molecule has 3 heteroatoms. The van der Waals surface area contributed by atoms with Crippen molar-refractivity contribution in [2.45, 2.75) is 43.2 Å². The lowest BCUT2D eigenvalue weighted by atomic mass is 9.68. The van der Waals surface area contributed by atoms with Crippen molar-refractivity contribution in [1.29, 1.82) is 0 Å². The van der Waals surface area contributed by atoms with Gasteiger partial charge in [0.1, 0.15) is 0 Å². The third-order valence-corrected chi connectivity index (χ3v) is 3.49. The number of hydrogen-bond donors (Lipinski definition) is 3. The molecule has 12 heavy (non-hydrogen) atoms. The minimum absolute atomic E-state index is 0.326. The van der Waals surface area contributed by atoms with Crippen LogP contribution >= 0.6 is 0 Å². The second kappa shape index (κ2) is 2.69. The van der Waals surface area contributed by atoms with E-state index < -0.39 is 5.60 Å². The first-order valence-electron chi connectivity index (χ1n) is 4.88. The van der Waals surface area contributed by atoms with E-state index in [0.717, 1.165) is 38.8 Å². The molecule has 0 aromatic carbocycles. The third-order valence-electron chi connectivity index (χ3n) is 3.49. The molecule has 0 unspecified atom stereocenters. The van der Waals surface area contributed by atoms with Crippen LogP contribution < -0.4 is 11.1 Å². The summed E-state index contributed by atoms with van der Waals surface area (Å²) in [6.45, 7) is 1.56. The Morgan fingerprint density at radius 3 is 2.08 bits per heavy atom. The van der Waals surface area contributed by atoms with Gasteiger partial charge in [0.25, 0.3) is 0 Å². The number of rotatable bonds is 1. The van der Waals surface area contributed by atoms with Gasteiger partial charge >= 0.3 is 0 Å². The van der Waals surface area contributed by atoms with Gasteiger partial charge in [0.2, 0.25) is 0 Å². The van der Waals surface area contributed by atoms with Crippen LogP contribution in [-0.2, 0) is 0 Å². The molecule has 3 nitrogen and oxygen atoms in total. The van der Waals surface area contributed by atoms with Crippen LogP contribution in [0.15, 0.2) is 0 Å². The summed E-state index contributed by atoms with van der Waals surface area (Å²) in [6, 6.07) is 0. The fourth-order valence-electron chi connectivity index (χ4n) is 2.36. The molecule has 0 atom stereocenters. The van der Waals surface area contributed by atoms with E-state index in [0.29, 0.717) is 0 Å². The average molecular weight is 170 g/mol. The largest absolute Gasteiger partial charge is 0.388 e. The van der Waals surface area contributed by atoms with Crippen molar-refractivity contribution in [3.63, 3.8) is 0 Å². The molecule has 0 aromatic rings. The van der Waals surface area contributed by atoms with Gasteiger partial charge in [-0.05, 0) is 12.8 Å². The summed E-state index contributed by atoms with van der Waals surface area (Å²) in [5.41, 5.74) is 5.20. The molecule has 0 aromatic heterocycles. The van der Waals surface area contributed by atoms with Gasteiger partial charge in [-0.2, -0.15) is 0 Å². The quantitative estimate of drug-likeness (QED) is 0.518. The van der Waals surface area contributed by atoms with E-state index in [1.54, 1.807) is 0 Å². The maximum atomic E-state index is 10.3. The number of nitrogens with one attached hydrogen (secondary N) is 1. The van der Waals surface area contributed by atoms with Gasteiger partial charge in [0.15, 0.2) is 0 Å². The molecule has 1 saturated carbocycles. The van der Waals surface area contributed by atoms with Crippen LogP contribution in [0.4, 0.5) is 0 Å². The summed E-state index contributed by atoms with van der Waals surface area (Å²) in [6.07, 6.45) is 5.31.